The van der Waals surface area contributed by atoms with Gasteiger partial charge < -0.3 is 24.3 Å². The van der Waals surface area contributed by atoms with Gasteiger partial charge in [-0.15, -0.1) is 0 Å². The Hall–Kier alpha value is -3.40. The molecule has 0 aliphatic heterocycles. The lowest BCUT2D eigenvalue weighted by Crippen LogP contribution is -2.27. The van der Waals surface area contributed by atoms with Gasteiger partial charge in [0.2, 0.25) is 5.75 Å². The first-order valence-corrected chi connectivity index (χ1v) is 9.86. The van der Waals surface area contributed by atoms with Gasteiger partial charge in [-0.3, -0.25) is 4.79 Å². The Morgan fingerprint density at radius 1 is 1.03 bits per heavy atom. The van der Waals surface area contributed by atoms with E-state index >= 15 is 0 Å². The molecule has 2 aromatic carbocycles. The molecule has 0 aromatic heterocycles. The summed E-state index contributed by atoms with van der Waals surface area (Å²) < 4.78 is 21.9. The first kappa shape index (κ1) is 21.3. The number of ether oxygens (including phenoxy) is 4. The Labute approximate surface area is 176 Å². The van der Waals surface area contributed by atoms with Crippen LogP contribution in [0.3, 0.4) is 0 Å². The molecule has 0 saturated heterocycles. The van der Waals surface area contributed by atoms with Crippen LogP contribution < -0.4 is 24.3 Å². The second-order valence-electron chi connectivity index (χ2n) is 7.04. The number of nitrogens with zero attached hydrogens (tertiary/aromatic N) is 1. The van der Waals surface area contributed by atoms with Gasteiger partial charge in [-0.25, -0.2) is 0 Å². The van der Waals surface area contributed by atoms with Crippen molar-refractivity contribution < 1.29 is 23.7 Å². The minimum Gasteiger partial charge on any atom is -0.493 e. The van der Waals surface area contributed by atoms with Crippen LogP contribution in [-0.4, -0.2) is 33.3 Å². The van der Waals surface area contributed by atoms with Crippen molar-refractivity contribution in [1.82, 2.24) is 5.32 Å². The molecule has 158 valence electrons. The van der Waals surface area contributed by atoms with E-state index in [1.165, 1.54) is 34.2 Å². The summed E-state index contributed by atoms with van der Waals surface area (Å²) in [5.41, 5.74) is 0.975. The SMILES string of the molecule is COc1cc(C(C#N)NC(=O)c2ccc(OC3CCCC3)cc2)cc(OC)c1OC. The molecule has 1 unspecified atom stereocenters. The van der Waals surface area contributed by atoms with E-state index in [0.29, 0.717) is 28.4 Å². The topological polar surface area (TPSA) is 89.8 Å². The van der Waals surface area contributed by atoms with Crippen molar-refractivity contribution >= 4 is 5.91 Å². The molecule has 7 nitrogen and oxygen atoms in total. The van der Waals surface area contributed by atoms with Crippen LogP contribution in [0.15, 0.2) is 36.4 Å². The second-order valence-corrected chi connectivity index (χ2v) is 7.04. The maximum atomic E-state index is 12.7. The number of carbonyl (C=O) groups excluding carboxylic acids is 1. The van der Waals surface area contributed by atoms with E-state index in [4.69, 9.17) is 18.9 Å². The summed E-state index contributed by atoms with van der Waals surface area (Å²) >= 11 is 0. The van der Waals surface area contributed by atoms with E-state index in [-0.39, 0.29) is 12.0 Å². The summed E-state index contributed by atoms with van der Waals surface area (Å²) in [4.78, 5) is 12.7. The standard InChI is InChI=1S/C23H26N2O5/c1-27-20-12-16(13-21(28-2)22(20)29-3)19(14-24)25-23(26)15-8-10-18(11-9-15)30-17-6-4-5-7-17/h8-13,17,19H,4-7H2,1-3H3,(H,25,26). The van der Waals surface area contributed by atoms with Crippen LogP contribution >= 0.6 is 0 Å². The maximum Gasteiger partial charge on any atom is 0.252 e. The van der Waals surface area contributed by atoms with Gasteiger partial charge in [0.1, 0.15) is 11.8 Å². The van der Waals surface area contributed by atoms with Crippen LogP contribution in [0.2, 0.25) is 0 Å². The van der Waals surface area contributed by atoms with Gasteiger partial charge >= 0.3 is 0 Å². The number of rotatable bonds is 8. The third-order valence-electron chi connectivity index (χ3n) is 5.15. The van der Waals surface area contributed by atoms with Crippen molar-refractivity contribution in [2.45, 2.75) is 37.8 Å². The molecule has 1 aliphatic rings. The highest BCUT2D eigenvalue weighted by atomic mass is 16.5. The molecule has 2 aromatic rings. The third kappa shape index (κ3) is 4.77. The molecular formula is C23H26N2O5. The van der Waals surface area contributed by atoms with Crippen LogP contribution in [0, 0.1) is 11.3 Å². The fourth-order valence-corrected chi connectivity index (χ4v) is 3.56. The van der Waals surface area contributed by atoms with E-state index in [1.807, 2.05) is 0 Å². The van der Waals surface area contributed by atoms with Crippen LogP contribution in [-0.2, 0) is 0 Å². The largest absolute Gasteiger partial charge is 0.493 e. The molecule has 0 heterocycles. The first-order chi connectivity index (χ1) is 14.6. The molecule has 1 N–H and O–H groups in total. The zero-order valence-electron chi connectivity index (χ0n) is 17.4. The van der Waals surface area contributed by atoms with Crippen LogP contribution in [0.25, 0.3) is 0 Å². The monoisotopic (exact) mass is 410 g/mol. The molecule has 3 rings (SSSR count). The first-order valence-electron chi connectivity index (χ1n) is 9.86. The van der Waals surface area contributed by atoms with Gasteiger partial charge in [0, 0.05) is 5.56 Å². The van der Waals surface area contributed by atoms with Gasteiger partial charge in [-0.1, -0.05) is 0 Å². The fourth-order valence-electron chi connectivity index (χ4n) is 3.56. The molecule has 1 atom stereocenters. The molecule has 1 aliphatic carbocycles. The molecule has 1 saturated carbocycles. The van der Waals surface area contributed by atoms with E-state index < -0.39 is 6.04 Å². The lowest BCUT2D eigenvalue weighted by molar-refractivity contribution is 0.0945. The average molecular weight is 410 g/mol. The third-order valence-corrected chi connectivity index (χ3v) is 5.15. The Kier molecular flexibility index (Phi) is 7.02. The second kappa shape index (κ2) is 9.88. The smallest absolute Gasteiger partial charge is 0.252 e. The zero-order valence-corrected chi connectivity index (χ0v) is 17.4. The Morgan fingerprint density at radius 2 is 1.63 bits per heavy atom. The molecule has 0 spiro atoms. The van der Waals surface area contributed by atoms with Gasteiger partial charge in [0.05, 0.1) is 33.5 Å². The van der Waals surface area contributed by atoms with Crippen LogP contribution in [0.5, 0.6) is 23.0 Å². The van der Waals surface area contributed by atoms with Crippen molar-refractivity contribution in [3.05, 3.63) is 47.5 Å². The molecule has 1 fully saturated rings. The van der Waals surface area contributed by atoms with Crippen molar-refractivity contribution in [2.75, 3.05) is 21.3 Å². The predicted molar refractivity (Wildman–Crippen MR) is 111 cm³/mol. The highest BCUT2D eigenvalue weighted by Crippen LogP contribution is 2.39. The molecular weight excluding hydrogens is 384 g/mol. The molecule has 1 amide bonds. The van der Waals surface area contributed by atoms with Crippen molar-refractivity contribution in [3.63, 3.8) is 0 Å². The quantitative estimate of drug-likeness (QED) is 0.707. The summed E-state index contributed by atoms with van der Waals surface area (Å²) in [5, 5.41) is 12.4. The van der Waals surface area contributed by atoms with Gasteiger partial charge in [0.25, 0.3) is 5.91 Å². The lowest BCUT2D eigenvalue weighted by Gasteiger charge is -2.17. The van der Waals surface area contributed by atoms with Gasteiger partial charge in [-0.2, -0.15) is 5.26 Å². The van der Waals surface area contributed by atoms with E-state index in [0.717, 1.165) is 18.6 Å². The van der Waals surface area contributed by atoms with Gasteiger partial charge in [0.15, 0.2) is 11.5 Å². The highest BCUT2D eigenvalue weighted by Gasteiger charge is 2.21. The average Bonchev–Trinajstić information content (AvgIpc) is 3.29. The number of carbonyl (C=O) groups is 1. The summed E-state index contributed by atoms with van der Waals surface area (Å²) in [6, 6.07) is 11.5. The van der Waals surface area contributed by atoms with E-state index in [1.54, 1.807) is 36.4 Å². The maximum absolute atomic E-state index is 12.7. The van der Waals surface area contributed by atoms with E-state index in [2.05, 4.69) is 11.4 Å². The number of amides is 1. The zero-order chi connectivity index (χ0) is 21.5. The summed E-state index contributed by atoms with van der Waals surface area (Å²) in [5.74, 6) is 1.64. The molecule has 7 heteroatoms. The number of nitriles is 1. The summed E-state index contributed by atoms with van der Waals surface area (Å²) in [7, 11) is 4.50. The van der Waals surface area contributed by atoms with E-state index in [9.17, 15) is 10.1 Å². The van der Waals surface area contributed by atoms with Gasteiger partial charge in [-0.05, 0) is 67.6 Å². The normalized spacial score (nSPS) is 14.5. The van der Waals surface area contributed by atoms with Crippen molar-refractivity contribution in [3.8, 4) is 29.1 Å². The fraction of sp³-hybridized carbons (Fsp3) is 0.391. The number of hydrogen-bond donors (Lipinski definition) is 1. The highest BCUT2D eigenvalue weighted by molar-refractivity contribution is 5.94. The van der Waals surface area contributed by atoms with Crippen molar-refractivity contribution in [2.24, 2.45) is 0 Å². The summed E-state index contributed by atoms with van der Waals surface area (Å²) in [6.07, 6.45) is 4.79. The molecule has 0 radical (unpaired) electrons. The Morgan fingerprint density at radius 3 is 2.13 bits per heavy atom. The molecule has 30 heavy (non-hydrogen) atoms. The van der Waals surface area contributed by atoms with Crippen molar-refractivity contribution in [1.29, 1.82) is 5.26 Å². The number of methoxy groups -OCH3 is 3. The Balaban J connectivity index is 1.74. The lowest BCUT2D eigenvalue weighted by atomic mass is 10.1. The Bertz CT molecular complexity index is 889. The minimum atomic E-state index is -0.888. The predicted octanol–water partition coefficient (Wildman–Crippen LogP) is 4.03. The summed E-state index contributed by atoms with van der Waals surface area (Å²) in [6.45, 7) is 0. The number of nitrogens with one attached hydrogen (secondary N) is 1. The number of hydrogen-bond acceptors (Lipinski definition) is 6. The minimum absolute atomic E-state index is 0.257. The molecule has 0 bridgehead atoms. The number of benzene rings is 2. The van der Waals surface area contributed by atoms with Crippen LogP contribution in [0.4, 0.5) is 0 Å². The van der Waals surface area contributed by atoms with Crippen LogP contribution in [0.1, 0.15) is 47.6 Å².